The summed E-state index contributed by atoms with van der Waals surface area (Å²) in [4.78, 5) is 21.7. The van der Waals surface area contributed by atoms with Gasteiger partial charge in [0, 0.05) is 16.6 Å². The van der Waals surface area contributed by atoms with Crippen LogP contribution in [0.3, 0.4) is 0 Å². The molecule has 17 heavy (non-hydrogen) atoms. The van der Waals surface area contributed by atoms with Gasteiger partial charge in [-0.25, -0.2) is 4.79 Å². The van der Waals surface area contributed by atoms with Gasteiger partial charge in [0.2, 0.25) is 0 Å². The lowest BCUT2D eigenvalue weighted by molar-refractivity contribution is -0.384. The number of carbonyl (C=O) groups is 1. The van der Waals surface area contributed by atoms with Gasteiger partial charge in [0.05, 0.1) is 22.8 Å². The molecule has 1 rings (SSSR count). The third kappa shape index (κ3) is 3.16. The van der Waals surface area contributed by atoms with E-state index < -0.39 is 10.9 Å². The number of nitrogens with two attached hydrogens (primary N) is 1. The first-order valence-corrected chi connectivity index (χ1v) is 5.67. The fourth-order valence-corrected chi connectivity index (χ4v) is 1.60. The molecule has 0 fully saturated rings. The molecular formula is C10H11BrN2O4. The van der Waals surface area contributed by atoms with Gasteiger partial charge >= 0.3 is 5.97 Å². The molecule has 2 N–H and O–H groups in total. The fourth-order valence-electron chi connectivity index (χ4n) is 1.15. The van der Waals surface area contributed by atoms with Crippen LogP contribution < -0.4 is 5.73 Å². The maximum atomic E-state index is 11.6. The predicted octanol–water partition coefficient (Wildman–Crippen LogP) is 2.51. The van der Waals surface area contributed by atoms with Crippen molar-refractivity contribution in [2.75, 3.05) is 12.3 Å². The van der Waals surface area contributed by atoms with E-state index in [4.69, 9.17) is 10.5 Å². The Kier molecular flexibility index (Phi) is 4.45. The van der Waals surface area contributed by atoms with Crippen LogP contribution in [-0.2, 0) is 4.74 Å². The smallest absolute Gasteiger partial charge is 0.340 e. The van der Waals surface area contributed by atoms with E-state index >= 15 is 0 Å². The van der Waals surface area contributed by atoms with Crippen molar-refractivity contribution in [2.45, 2.75) is 13.3 Å². The summed E-state index contributed by atoms with van der Waals surface area (Å²) in [5, 5.41) is 10.6. The normalized spacial score (nSPS) is 10.0. The van der Waals surface area contributed by atoms with Crippen molar-refractivity contribution in [1.82, 2.24) is 0 Å². The lowest BCUT2D eigenvalue weighted by Gasteiger charge is -2.07. The van der Waals surface area contributed by atoms with E-state index in [9.17, 15) is 14.9 Å². The zero-order chi connectivity index (χ0) is 13.0. The van der Waals surface area contributed by atoms with Crippen LogP contribution in [-0.4, -0.2) is 17.5 Å². The highest BCUT2D eigenvalue weighted by molar-refractivity contribution is 9.10. The molecule has 0 radical (unpaired) electrons. The van der Waals surface area contributed by atoms with Gasteiger partial charge in [0.15, 0.2) is 0 Å². The van der Waals surface area contributed by atoms with Gasteiger partial charge < -0.3 is 10.5 Å². The molecule has 0 unspecified atom stereocenters. The molecule has 92 valence electrons. The molecule has 1 aromatic carbocycles. The minimum absolute atomic E-state index is 0.000440. The van der Waals surface area contributed by atoms with Crippen LogP contribution in [0.25, 0.3) is 0 Å². The summed E-state index contributed by atoms with van der Waals surface area (Å²) in [5.74, 6) is -0.659. The molecule has 0 amide bonds. The molecule has 0 spiro atoms. The Morgan fingerprint density at radius 2 is 2.24 bits per heavy atom. The number of nitro groups is 1. The highest BCUT2D eigenvalue weighted by Crippen LogP contribution is 2.29. The third-order valence-electron chi connectivity index (χ3n) is 1.98. The van der Waals surface area contributed by atoms with Crippen LogP contribution in [0.2, 0.25) is 0 Å². The van der Waals surface area contributed by atoms with Crippen LogP contribution in [0.1, 0.15) is 23.7 Å². The number of nitro benzene ring substituents is 1. The summed E-state index contributed by atoms with van der Waals surface area (Å²) in [5.41, 5.74) is 5.58. The number of benzene rings is 1. The number of esters is 1. The zero-order valence-electron chi connectivity index (χ0n) is 9.10. The Hall–Kier alpha value is -1.63. The van der Waals surface area contributed by atoms with Crippen molar-refractivity contribution in [2.24, 2.45) is 0 Å². The maximum Gasteiger partial charge on any atom is 0.340 e. The SMILES string of the molecule is CCCOC(=O)c1cc([N+](=O)[O-])cc(Br)c1N. The first-order valence-electron chi connectivity index (χ1n) is 4.88. The van der Waals surface area contributed by atoms with Gasteiger partial charge in [-0.15, -0.1) is 0 Å². The first-order chi connectivity index (χ1) is 7.97. The van der Waals surface area contributed by atoms with Gasteiger partial charge in [-0.2, -0.15) is 0 Å². The molecule has 7 heteroatoms. The highest BCUT2D eigenvalue weighted by atomic mass is 79.9. The number of anilines is 1. The summed E-state index contributed by atoms with van der Waals surface area (Å²) in [6.07, 6.45) is 0.668. The average Bonchev–Trinajstić information content (AvgIpc) is 2.29. The lowest BCUT2D eigenvalue weighted by atomic mass is 10.1. The van der Waals surface area contributed by atoms with Gasteiger partial charge in [-0.05, 0) is 22.4 Å². The van der Waals surface area contributed by atoms with Crippen molar-refractivity contribution in [3.8, 4) is 0 Å². The first kappa shape index (κ1) is 13.4. The third-order valence-corrected chi connectivity index (χ3v) is 2.64. The van der Waals surface area contributed by atoms with Gasteiger partial charge in [-0.3, -0.25) is 10.1 Å². The van der Waals surface area contributed by atoms with E-state index in [-0.39, 0.29) is 23.5 Å². The number of nitrogen functional groups attached to an aromatic ring is 1. The van der Waals surface area contributed by atoms with E-state index in [1.165, 1.54) is 6.07 Å². The summed E-state index contributed by atoms with van der Waals surface area (Å²) in [6, 6.07) is 2.35. The molecule has 1 aromatic rings. The summed E-state index contributed by atoms with van der Waals surface area (Å²) >= 11 is 3.06. The van der Waals surface area contributed by atoms with E-state index in [1.807, 2.05) is 6.92 Å². The second-order valence-electron chi connectivity index (χ2n) is 3.28. The lowest BCUT2D eigenvalue weighted by Crippen LogP contribution is -2.10. The Morgan fingerprint density at radius 3 is 2.76 bits per heavy atom. The quantitative estimate of drug-likeness (QED) is 0.399. The van der Waals surface area contributed by atoms with Crippen molar-refractivity contribution in [3.05, 3.63) is 32.3 Å². The number of rotatable bonds is 4. The largest absolute Gasteiger partial charge is 0.462 e. The second kappa shape index (κ2) is 5.62. The Labute approximate surface area is 106 Å². The van der Waals surface area contributed by atoms with Crippen molar-refractivity contribution in [1.29, 1.82) is 0 Å². The van der Waals surface area contributed by atoms with Crippen molar-refractivity contribution < 1.29 is 14.5 Å². The molecule has 0 aliphatic rings. The van der Waals surface area contributed by atoms with E-state index in [0.717, 1.165) is 6.07 Å². The van der Waals surface area contributed by atoms with Crippen LogP contribution in [0.4, 0.5) is 11.4 Å². The molecule has 0 heterocycles. The number of halogens is 1. The number of nitrogens with zero attached hydrogens (tertiary/aromatic N) is 1. The van der Waals surface area contributed by atoms with Crippen LogP contribution in [0.15, 0.2) is 16.6 Å². The molecule has 6 nitrogen and oxygen atoms in total. The van der Waals surface area contributed by atoms with Crippen LogP contribution >= 0.6 is 15.9 Å². The van der Waals surface area contributed by atoms with Gasteiger partial charge in [0.25, 0.3) is 5.69 Å². The summed E-state index contributed by atoms with van der Waals surface area (Å²) < 4.78 is 5.19. The minimum atomic E-state index is -0.659. The predicted molar refractivity (Wildman–Crippen MR) is 65.8 cm³/mol. The minimum Gasteiger partial charge on any atom is -0.462 e. The number of ether oxygens (including phenoxy) is 1. The zero-order valence-corrected chi connectivity index (χ0v) is 10.7. The van der Waals surface area contributed by atoms with Crippen LogP contribution in [0, 0.1) is 10.1 Å². The van der Waals surface area contributed by atoms with E-state index in [1.54, 1.807) is 0 Å². The summed E-state index contributed by atoms with van der Waals surface area (Å²) in [6.45, 7) is 2.10. The average molecular weight is 303 g/mol. The van der Waals surface area contributed by atoms with E-state index in [2.05, 4.69) is 15.9 Å². The molecule has 0 aliphatic heterocycles. The molecule has 0 bridgehead atoms. The highest BCUT2D eigenvalue weighted by Gasteiger charge is 2.19. The van der Waals surface area contributed by atoms with Crippen LogP contribution in [0.5, 0.6) is 0 Å². The molecule has 0 aromatic heterocycles. The molecular weight excluding hydrogens is 292 g/mol. The summed E-state index contributed by atoms with van der Waals surface area (Å²) in [7, 11) is 0. The number of hydrogen-bond donors (Lipinski definition) is 1. The number of non-ortho nitro benzene ring substituents is 1. The second-order valence-corrected chi connectivity index (χ2v) is 4.14. The Morgan fingerprint density at radius 1 is 1.59 bits per heavy atom. The molecule has 0 aliphatic carbocycles. The molecule has 0 saturated carbocycles. The molecule has 0 saturated heterocycles. The molecule has 0 atom stereocenters. The number of hydrogen-bond acceptors (Lipinski definition) is 5. The topological polar surface area (TPSA) is 95.5 Å². The maximum absolute atomic E-state index is 11.6. The Bertz CT molecular complexity index is 462. The monoisotopic (exact) mass is 302 g/mol. The van der Waals surface area contributed by atoms with Crippen molar-refractivity contribution >= 4 is 33.3 Å². The van der Waals surface area contributed by atoms with E-state index in [0.29, 0.717) is 10.9 Å². The van der Waals surface area contributed by atoms with Gasteiger partial charge in [0.1, 0.15) is 0 Å². The Balaban J connectivity index is 3.13. The van der Waals surface area contributed by atoms with Crippen molar-refractivity contribution in [3.63, 3.8) is 0 Å². The fraction of sp³-hybridized carbons (Fsp3) is 0.300. The van der Waals surface area contributed by atoms with Gasteiger partial charge in [-0.1, -0.05) is 6.92 Å². The number of carbonyl (C=O) groups excluding carboxylic acids is 1. The standard InChI is InChI=1S/C10H11BrN2O4/c1-2-3-17-10(14)7-4-6(13(15)16)5-8(11)9(7)12/h4-5H,2-3,12H2,1H3.